The number of fused-ring (bicyclic) bond motifs is 1. The van der Waals surface area contributed by atoms with Gasteiger partial charge < -0.3 is 14.1 Å². The minimum Gasteiger partial charge on any atom is -0.465 e. The van der Waals surface area contributed by atoms with Gasteiger partial charge in [0.15, 0.2) is 11.5 Å². The number of aryl methyl sites for hydroxylation is 1. The van der Waals surface area contributed by atoms with Crippen molar-refractivity contribution in [2.75, 3.05) is 25.1 Å². The molecule has 0 aliphatic carbocycles. The second kappa shape index (κ2) is 4.57. The van der Waals surface area contributed by atoms with Gasteiger partial charge in [0.05, 0.1) is 18.4 Å². The molecule has 0 N–H and O–H groups in total. The lowest BCUT2D eigenvalue weighted by atomic mass is 10.1. The fourth-order valence-electron chi connectivity index (χ4n) is 2.55. The standard InChI is InChI=1S/C14H16N2O3/c1-9-15-11-7-10(14(17)18-2)8-12(13(11)19-9)16-5-3-4-6-16/h7-8H,3-6H2,1-2H3. The zero-order chi connectivity index (χ0) is 13.4. The average molecular weight is 260 g/mol. The molecule has 1 saturated heterocycles. The average Bonchev–Trinajstić information content (AvgIpc) is 3.04. The number of hydrogen-bond acceptors (Lipinski definition) is 5. The van der Waals surface area contributed by atoms with E-state index in [0.717, 1.165) is 37.2 Å². The highest BCUT2D eigenvalue weighted by Gasteiger charge is 2.21. The molecule has 0 amide bonds. The normalized spacial score (nSPS) is 15.2. The maximum atomic E-state index is 11.7. The molecule has 5 heteroatoms. The molecule has 3 rings (SSSR count). The first kappa shape index (κ1) is 12.0. The number of methoxy groups -OCH3 is 1. The van der Waals surface area contributed by atoms with Gasteiger partial charge in [-0.05, 0) is 25.0 Å². The van der Waals surface area contributed by atoms with Crippen LogP contribution in [0.15, 0.2) is 16.5 Å². The number of rotatable bonds is 2. The fourth-order valence-corrected chi connectivity index (χ4v) is 2.55. The molecule has 0 bridgehead atoms. The molecule has 1 aliphatic heterocycles. The van der Waals surface area contributed by atoms with Crippen LogP contribution in [0.2, 0.25) is 0 Å². The van der Waals surface area contributed by atoms with E-state index < -0.39 is 0 Å². The Hall–Kier alpha value is -2.04. The van der Waals surface area contributed by atoms with Gasteiger partial charge in [0.2, 0.25) is 0 Å². The van der Waals surface area contributed by atoms with Crippen LogP contribution in [0, 0.1) is 6.92 Å². The Balaban J connectivity index is 2.18. The predicted octanol–water partition coefficient (Wildman–Crippen LogP) is 2.52. The van der Waals surface area contributed by atoms with Crippen LogP contribution in [-0.2, 0) is 4.74 Å². The first-order valence-corrected chi connectivity index (χ1v) is 6.43. The highest BCUT2D eigenvalue weighted by molar-refractivity contribution is 5.98. The third kappa shape index (κ3) is 2.05. The van der Waals surface area contributed by atoms with Gasteiger partial charge in [-0.1, -0.05) is 0 Å². The Labute approximate surface area is 111 Å². The fraction of sp³-hybridized carbons (Fsp3) is 0.429. The second-order valence-corrected chi connectivity index (χ2v) is 4.76. The van der Waals surface area contributed by atoms with Gasteiger partial charge in [-0.2, -0.15) is 0 Å². The number of aromatic nitrogens is 1. The number of benzene rings is 1. The first-order valence-electron chi connectivity index (χ1n) is 6.43. The number of anilines is 1. The van der Waals surface area contributed by atoms with Crippen molar-refractivity contribution in [1.29, 1.82) is 0 Å². The summed E-state index contributed by atoms with van der Waals surface area (Å²) in [5.74, 6) is 0.264. The van der Waals surface area contributed by atoms with Crippen LogP contribution in [0.1, 0.15) is 29.1 Å². The van der Waals surface area contributed by atoms with Crippen LogP contribution in [0.3, 0.4) is 0 Å². The molecular weight excluding hydrogens is 244 g/mol. The van der Waals surface area contributed by atoms with Crippen molar-refractivity contribution in [3.8, 4) is 0 Å². The summed E-state index contributed by atoms with van der Waals surface area (Å²) in [5.41, 5.74) is 2.93. The molecule has 1 aromatic heterocycles. The summed E-state index contributed by atoms with van der Waals surface area (Å²) in [6, 6.07) is 3.56. The number of carbonyl (C=O) groups excluding carboxylic acids is 1. The van der Waals surface area contributed by atoms with Crippen LogP contribution >= 0.6 is 0 Å². The molecule has 1 fully saturated rings. The van der Waals surface area contributed by atoms with Crippen molar-refractivity contribution >= 4 is 22.8 Å². The predicted molar refractivity (Wildman–Crippen MR) is 71.5 cm³/mol. The summed E-state index contributed by atoms with van der Waals surface area (Å²) in [6.07, 6.45) is 2.33. The largest absolute Gasteiger partial charge is 0.465 e. The zero-order valence-corrected chi connectivity index (χ0v) is 11.1. The van der Waals surface area contributed by atoms with E-state index in [4.69, 9.17) is 9.15 Å². The summed E-state index contributed by atoms with van der Waals surface area (Å²) in [6.45, 7) is 3.78. The molecule has 1 aliphatic rings. The summed E-state index contributed by atoms with van der Waals surface area (Å²) >= 11 is 0. The molecule has 0 spiro atoms. The quantitative estimate of drug-likeness (QED) is 0.777. The third-order valence-corrected chi connectivity index (χ3v) is 3.45. The molecule has 0 radical (unpaired) electrons. The van der Waals surface area contributed by atoms with Gasteiger partial charge in [-0.25, -0.2) is 9.78 Å². The van der Waals surface area contributed by atoms with E-state index in [1.165, 1.54) is 7.11 Å². The van der Waals surface area contributed by atoms with Gasteiger partial charge in [-0.3, -0.25) is 0 Å². The zero-order valence-electron chi connectivity index (χ0n) is 11.1. The Bertz CT molecular complexity index is 627. The number of nitrogens with zero attached hydrogens (tertiary/aromatic N) is 2. The highest BCUT2D eigenvalue weighted by atomic mass is 16.5. The van der Waals surface area contributed by atoms with Crippen molar-refractivity contribution in [1.82, 2.24) is 4.98 Å². The lowest BCUT2D eigenvalue weighted by Crippen LogP contribution is -2.18. The molecule has 0 unspecified atom stereocenters. The number of esters is 1. The van der Waals surface area contributed by atoms with Gasteiger partial charge in [-0.15, -0.1) is 0 Å². The minimum absolute atomic E-state index is 0.344. The summed E-state index contributed by atoms with van der Waals surface area (Å²) in [5, 5.41) is 0. The molecule has 0 atom stereocenters. The van der Waals surface area contributed by atoms with Crippen molar-refractivity contribution in [3.63, 3.8) is 0 Å². The molecule has 2 aromatic rings. The van der Waals surface area contributed by atoms with E-state index in [0.29, 0.717) is 17.0 Å². The van der Waals surface area contributed by atoms with Gasteiger partial charge in [0.25, 0.3) is 0 Å². The van der Waals surface area contributed by atoms with Crippen molar-refractivity contribution in [2.24, 2.45) is 0 Å². The van der Waals surface area contributed by atoms with Crippen molar-refractivity contribution in [2.45, 2.75) is 19.8 Å². The van der Waals surface area contributed by atoms with Crippen LogP contribution in [0.5, 0.6) is 0 Å². The third-order valence-electron chi connectivity index (χ3n) is 3.45. The van der Waals surface area contributed by atoms with E-state index in [1.807, 2.05) is 13.0 Å². The van der Waals surface area contributed by atoms with Crippen LogP contribution in [0.4, 0.5) is 5.69 Å². The van der Waals surface area contributed by atoms with Crippen molar-refractivity contribution < 1.29 is 13.9 Å². The Morgan fingerprint density at radius 3 is 2.79 bits per heavy atom. The topological polar surface area (TPSA) is 55.6 Å². The van der Waals surface area contributed by atoms with Crippen LogP contribution < -0.4 is 4.90 Å². The molecule has 19 heavy (non-hydrogen) atoms. The lowest BCUT2D eigenvalue weighted by Gasteiger charge is -2.18. The molecule has 2 heterocycles. The molecule has 1 aromatic carbocycles. The maximum absolute atomic E-state index is 11.7. The molecule has 0 saturated carbocycles. The highest BCUT2D eigenvalue weighted by Crippen LogP contribution is 2.31. The summed E-state index contributed by atoms with van der Waals surface area (Å²) in [4.78, 5) is 18.3. The molecule has 5 nitrogen and oxygen atoms in total. The number of oxazole rings is 1. The minimum atomic E-state index is -0.344. The summed E-state index contributed by atoms with van der Waals surface area (Å²) < 4.78 is 10.5. The molecular formula is C14H16N2O3. The Morgan fingerprint density at radius 2 is 2.11 bits per heavy atom. The van der Waals surface area contributed by atoms with Gasteiger partial charge >= 0.3 is 5.97 Å². The number of ether oxygens (including phenoxy) is 1. The van der Waals surface area contributed by atoms with E-state index in [-0.39, 0.29) is 5.97 Å². The first-order chi connectivity index (χ1) is 9.19. The monoisotopic (exact) mass is 260 g/mol. The second-order valence-electron chi connectivity index (χ2n) is 4.76. The number of hydrogen-bond donors (Lipinski definition) is 0. The van der Waals surface area contributed by atoms with E-state index in [1.54, 1.807) is 6.07 Å². The Kier molecular flexibility index (Phi) is 2.89. The maximum Gasteiger partial charge on any atom is 0.338 e. The SMILES string of the molecule is COC(=O)c1cc(N2CCCC2)c2oc(C)nc2c1. The van der Waals surface area contributed by atoms with Crippen molar-refractivity contribution in [3.05, 3.63) is 23.6 Å². The smallest absolute Gasteiger partial charge is 0.338 e. The van der Waals surface area contributed by atoms with E-state index >= 15 is 0 Å². The van der Waals surface area contributed by atoms with Gasteiger partial charge in [0, 0.05) is 20.0 Å². The lowest BCUT2D eigenvalue weighted by molar-refractivity contribution is 0.0601. The van der Waals surface area contributed by atoms with Crippen LogP contribution in [-0.4, -0.2) is 31.2 Å². The number of carbonyl (C=O) groups is 1. The van der Waals surface area contributed by atoms with Crippen LogP contribution in [0.25, 0.3) is 11.1 Å². The molecule has 100 valence electrons. The van der Waals surface area contributed by atoms with E-state index in [9.17, 15) is 4.79 Å². The van der Waals surface area contributed by atoms with Gasteiger partial charge in [0.1, 0.15) is 5.52 Å². The Morgan fingerprint density at radius 1 is 1.37 bits per heavy atom. The summed E-state index contributed by atoms with van der Waals surface area (Å²) in [7, 11) is 1.39. The van der Waals surface area contributed by atoms with E-state index in [2.05, 4.69) is 9.88 Å².